The van der Waals surface area contributed by atoms with Crippen LogP contribution in [-0.4, -0.2) is 31.3 Å². The number of nitrogens with one attached hydrogen (secondary N) is 1. The van der Waals surface area contributed by atoms with Gasteiger partial charge in [-0.25, -0.2) is 4.39 Å². The number of benzene rings is 2. The smallest absolute Gasteiger partial charge is 0.146 e. The highest BCUT2D eigenvalue weighted by Crippen LogP contribution is 2.38. The standard InChI is InChI=1S/C18H21FN2O.ClH/c1-20-12-16(22)18(13-6-3-2-4-7-13)21-11-10-14-8-5-9-15(19)17(14)21;/h2-9,16,18,20,22H,10-12H2,1H3;1H/t16-,18+;/m1./s1. The average Bonchev–Trinajstić information content (AvgIpc) is 2.94. The Morgan fingerprint density at radius 2 is 1.91 bits per heavy atom. The van der Waals surface area contributed by atoms with Gasteiger partial charge in [-0.2, -0.15) is 0 Å². The molecule has 0 aromatic heterocycles. The van der Waals surface area contributed by atoms with E-state index in [0.717, 1.165) is 24.1 Å². The molecular weight excluding hydrogens is 315 g/mol. The van der Waals surface area contributed by atoms with Gasteiger partial charge in [0.1, 0.15) is 5.82 Å². The first-order valence-corrected chi connectivity index (χ1v) is 7.64. The van der Waals surface area contributed by atoms with Crippen molar-refractivity contribution in [2.45, 2.75) is 18.6 Å². The zero-order valence-electron chi connectivity index (χ0n) is 13.1. The van der Waals surface area contributed by atoms with Crippen molar-refractivity contribution < 1.29 is 9.50 Å². The zero-order valence-corrected chi connectivity index (χ0v) is 13.9. The van der Waals surface area contributed by atoms with Gasteiger partial charge in [0, 0.05) is 13.1 Å². The highest BCUT2D eigenvalue weighted by Gasteiger charge is 2.33. The number of hydrogen-bond donors (Lipinski definition) is 2. The Bertz CT molecular complexity index is 638. The van der Waals surface area contributed by atoms with Crippen LogP contribution in [0.1, 0.15) is 17.2 Å². The van der Waals surface area contributed by atoms with Gasteiger partial charge in [0.2, 0.25) is 0 Å². The van der Waals surface area contributed by atoms with Crippen LogP contribution in [0.15, 0.2) is 48.5 Å². The van der Waals surface area contributed by atoms with Crippen molar-refractivity contribution in [3.63, 3.8) is 0 Å². The number of aliphatic hydroxyl groups is 1. The molecule has 2 aromatic carbocycles. The van der Waals surface area contributed by atoms with Crippen LogP contribution < -0.4 is 10.2 Å². The Morgan fingerprint density at radius 3 is 2.61 bits per heavy atom. The quantitative estimate of drug-likeness (QED) is 0.881. The van der Waals surface area contributed by atoms with E-state index in [1.54, 1.807) is 6.07 Å². The van der Waals surface area contributed by atoms with Crippen LogP contribution in [0.5, 0.6) is 0 Å². The Labute approximate surface area is 142 Å². The summed E-state index contributed by atoms with van der Waals surface area (Å²) in [5.41, 5.74) is 2.64. The summed E-state index contributed by atoms with van der Waals surface area (Å²) in [5.74, 6) is -0.215. The van der Waals surface area contributed by atoms with E-state index >= 15 is 0 Å². The predicted octanol–water partition coefficient (Wildman–Crippen LogP) is 2.93. The Morgan fingerprint density at radius 1 is 1.17 bits per heavy atom. The summed E-state index contributed by atoms with van der Waals surface area (Å²) in [7, 11) is 1.81. The van der Waals surface area contributed by atoms with Crippen molar-refractivity contribution in [3.05, 3.63) is 65.5 Å². The van der Waals surface area contributed by atoms with Crippen LogP contribution in [-0.2, 0) is 6.42 Å². The normalized spacial score (nSPS) is 15.7. The Balaban J connectivity index is 0.00000192. The van der Waals surface area contributed by atoms with E-state index in [4.69, 9.17) is 0 Å². The third-order valence-corrected chi connectivity index (χ3v) is 4.23. The van der Waals surface area contributed by atoms with Gasteiger partial charge in [0.15, 0.2) is 0 Å². The molecule has 1 heterocycles. The summed E-state index contributed by atoms with van der Waals surface area (Å²) in [6.45, 7) is 1.18. The summed E-state index contributed by atoms with van der Waals surface area (Å²) < 4.78 is 14.3. The SMILES string of the molecule is CNC[C@@H](O)[C@H](c1ccccc1)N1CCc2cccc(F)c21.Cl. The number of likely N-dealkylation sites (N-methyl/N-ethyl adjacent to an activating group) is 1. The minimum Gasteiger partial charge on any atom is -0.389 e. The van der Waals surface area contributed by atoms with Crippen LogP contribution in [0.3, 0.4) is 0 Å². The summed E-state index contributed by atoms with van der Waals surface area (Å²) in [6, 6.07) is 14.8. The maximum atomic E-state index is 14.3. The van der Waals surface area contributed by atoms with Crippen LogP contribution in [0.4, 0.5) is 10.1 Å². The maximum Gasteiger partial charge on any atom is 0.146 e. The minimum atomic E-state index is -0.613. The molecule has 23 heavy (non-hydrogen) atoms. The molecule has 0 aliphatic carbocycles. The molecule has 0 amide bonds. The third kappa shape index (κ3) is 3.50. The van der Waals surface area contributed by atoms with E-state index in [0.29, 0.717) is 12.2 Å². The number of nitrogens with zero attached hydrogens (tertiary/aromatic N) is 1. The van der Waals surface area contributed by atoms with Gasteiger partial charge < -0.3 is 15.3 Å². The van der Waals surface area contributed by atoms with Crippen molar-refractivity contribution in [2.24, 2.45) is 0 Å². The van der Waals surface area contributed by atoms with E-state index in [-0.39, 0.29) is 24.3 Å². The van der Waals surface area contributed by atoms with Gasteiger partial charge in [-0.3, -0.25) is 0 Å². The number of aliphatic hydroxyl groups excluding tert-OH is 1. The Hall–Kier alpha value is -1.62. The average molecular weight is 337 g/mol. The first kappa shape index (κ1) is 17.7. The summed E-state index contributed by atoms with van der Waals surface area (Å²) in [5, 5.41) is 13.6. The molecule has 0 unspecified atom stereocenters. The van der Waals surface area contributed by atoms with Gasteiger partial charge in [-0.1, -0.05) is 42.5 Å². The first-order valence-electron chi connectivity index (χ1n) is 7.64. The molecule has 1 aliphatic rings. The molecule has 2 N–H and O–H groups in total. The van der Waals surface area contributed by atoms with Gasteiger partial charge in [0.05, 0.1) is 17.8 Å². The van der Waals surface area contributed by atoms with E-state index in [9.17, 15) is 9.50 Å². The number of fused-ring (bicyclic) bond motifs is 1. The molecule has 2 aromatic rings. The number of halogens is 2. The monoisotopic (exact) mass is 336 g/mol. The van der Waals surface area contributed by atoms with Gasteiger partial charge in [0.25, 0.3) is 0 Å². The third-order valence-electron chi connectivity index (χ3n) is 4.23. The highest BCUT2D eigenvalue weighted by atomic mass is 35.5. The molecular formula is C18H22ClFN2O. The molecule has 124 valence electrons. The summed E-state index contributed by atoms with van der Waals surface area (Å²) in [6.07, 6.45) is 0.195. The van der Waals surface area contributed by atoms with Crippen molar-refractivity contribution in [1.29, 1.82) is 0 Å². The van der Waals surface area contributed by atoms with Crippen molar-refractivity contribution in [3.8, 4) is 0 Å². The van der Waals surface area contributed by atoms with Crippen molar-refractivity contribution >= 4 is 18.1 Å². The summed E-state index contributed by atoms with van der Waals surface area (Å²) in [4.78, 5) is 2.00. The molecule has 1 aliphatic heterocycles. The summed E-state index contributed by atoms with van der Waals surface area (Å²) >= 11 is 0. The molecule has 0 fully saturated rings. The Kier molecular flexibility index (Phi) is 5.99. The minimum absolute atomic E-state index is 0. The highest BCUT2D eigenvalue weighted by molar-refractivity contribution is 5.85. The lowest BCUT2D eigenvalue weighted by Crippen LogP contribution is -2.40. The lowest BCUT2D eigenvalue weighted by atomic mass is 9.99. The molecule has 3 rings (SSSR count). The molecule has 0 saturated carbocycles. The number of para-hydroxylation sites is 1. The zero-order chi connectivity index (χ0) is 15.5. The van der Waals surface area contributed by atoms with Gasteiger partial charge >= 0.3 is 0 Å². The lowest BCUT2D eigenvalue weighted by Gasteiger charge is -2.34. The molecule has 2 atom stereocenters. The van der Waals surface area contributed by atoms with E-state index in [1.165, 1.54) is 6.07 Å². The maximum absolute atomic E-state index is 14.3. The molecule has 5 heteroatoms. The fourth-order valence-corrected chi connectivity index (χ4v) is 3.30. The van der Waals surface area contributed by atoms with Crippen LogP contribution in [0, 0.1) is 5.82 Å². The van der Waals surface area contributed by atoms with Crippen molar-refractivity contribution in [1.82, 2.24) is 5.32 Å². The second-order valence-electron chi connectivity index (χ2n) is 5.67. The van der Waals surface area contributed by atoms with Crippen molar-refractivity contribution in [2.75, 3.05) is 25.0 Å². The van der Waals surface area contributed by atoms with Gasteiger partial charge in [-0.05, 0) is 30.7 Å². The molecule has 0 spiro atoms. The van der Waals surface area contributed by atoms with Gasteiger partial charge in [-0.15, -0.1) is 12.4 Å². The van der Waals surface area contributed by atoms with E-state index in [2.05, 4.69) is 5.32 Å². The number of rotatable bonds is 5. The molecule has 3 nitrogen and oxygen atoms in total. The number of anilines is 1. The molecule has 0 radical (unpaired) electrons. The fourth-order valence-electron chi connectivity index (χ4n) is 3.30. The van der Waals surface area contributed by atoms with E-state index < -0.39 is 6.10 Å². The topological polar surface area (TPSA) is 35.5 Å². The van der Waals surface area contributed by atoms with E-state index in [1.807, 2.05) is 48.3 Å². The molecule has 0 saturated heterocycles. The lowest BCUT2D eigenvalue weighted by molar-refractivity contribution is 0.141. The first-order chi connectivity index (χ1) is 10.7. The van der Waals surface area contributed by atoms with Crippen LogP contribution in [0.25, 0.3) is 0 Å². The molecule has 0 bridgehead atoms. The number of hydrogen-bond acceptors (Lipinski definition) is 3. The van der Waals surface area contributed by atoms with Crippen LogP contribution >= 0.6 is 12.4 Å². The largest absolute Gasteiger partial charge is 0.389 e. The second kappa shape index (κ2) is 7.77. The van der Waals surface area contributed by atoms with Crippen LogP contribution in [0.2, 0.25) is 0 Å². The second-order valence-corrected chi connectivity index (χ2v) is 5.67. The predicted molar refractivity (Wildman–Crippen MR) is 93.8 cm³/mol. The fraction of sp³-hybridized carbons (Fsp3) is 0.333.